The Kier molecular flexibility index (Phi) is 4.42. The molecule has 0 aliphatic carbocycles. The summed E-state index contributed by atoms with van der Waals surface area (Å²) in [7, 11) is 0. The maximum absolute atomic E-state index is 12.9. The van der Waals surface area contributed by atoms with Crippen LogP contribution in [0.15, 0.2) is 39.5 Å². The molecule has 3 aromatic rings. The van der Waals surface area contributed by atoms with Gasteiger partial charge >= 0.3 is 5.97 Å². The number of carbonyl (C=O) groups excluding carboxylic acids is 2. The van der Waals surface area contributed by atoms with Crippen molar-refractivity contribution in [3.63, 3.8) is 0 Å². The van der Waals surface area contributed by atoms with Gasteiger partial charge in [-0.2, -0.15) is 0 Å². The summed E-state index contributed by atoms with van der Waals surface area (Å²) in [6.07, 6.45) is 0.423. The van der Waals surface area contributed by atoms with Crippen LogP contribution in [0.2, 0.25) is 0 Å². The number of benzene rings is 2. The second kappa shape index (κ2) is 6.55. The zero-order chi connectivity index (χ0) is 19.0. The Bertz CT molecular complexity index is 1140. The number of hydrogen-bond acceptors (Lipinski definition) is 5. The topological polar surface area (TPSA) is 102 Å². The summed E-state index contributed by atoms with van der Waals surface area (Å²) >= 11 is 0. The molecular weight excluding hydrogens is 336 g/mol. The van der Waals surface area contributed by atoms with Crippen LogP contribution in [0.5, 0.6) is 0 Å². The summed E-state index contributed by atoms with van der Waals surface area (Å²) in [5, 5.41) is 9.31. The van der Waals surface area contributed by atoms with Gasteiger partial charge in [-0.1, -0.05) is 13.8 Å². The van der Waals surface area contributed by atoms with Gasteiger partial charge in [0.2, 0.25) is 5.43 Å². The largest absolute Gasteiger partial charge is 0.478 e. The van der Waals surface area contributed by atoms with Crippen molar-refractivity contribution in [3.05, 3.63) is 57.2 Å². The van der Waals surface area contributed by atoms with Crippen molar-refractivity contribution in [2.45, 2.75) is 26.7 Å². The third-order valence-electron chi connectivity index (χ3n) is 4.28. The van der Waals surface area contributed by atoms with Crippen molar-refractivity contribution in [3.8, 4) is 0 Å². The lowest BCUT2D eigenvalue weighted by Gasteiger charge is -2.09. The minimum absolute atomic E-state index is 0.0465. The molecule has 1 aromatic heterocycles. The fourth-order valence-electron chi connectivity index (χ4n) is 2.85. The van der Waals surface area contributed by atoms with Crippen LogP contribution in [-0.4, -0.2) is 22.6 Å². The molecule has 0 unspecified atom stereocenters. The van der Waals surface area contributed by atoms with Gasteiger partial charge in [0.25, 0.3) is 0 Å². The van der Waals surface area contributed by atoms with Gasteiger partial charge in [0.1, 0.15) is 11.2 Å². The van der Waals surface area contributed by atoms with Gasteiger partial charge in [-0.05, 0) is 30.3 Å². The molecule has 1 N–H and O–H groups in total. The Morgan fingerprint density at radius 3 is 2.19 bits per heavy atom. The molecule has 0 spiro atoms. The molecule has 1 heterocycles. The van der Waals surface area contributed by atoms with Gasteiger partial charge in [-0.3, -0.25) is 14.4 Å². The zero-order valence-electron chi connectivity index (χ0n) is 14.3. The number of fused-ring (bicyclic) bond motifs is 2. The standard InChI is InChI=1S/C20H16O6/c1-3-15(21)11-8-12(16(22)4-2)19-14(9-11)18(23)13-7-10(20(24)25)5-6-17(13)26-19/h5-9H,3-4H2,1-2H3,(H,24,25). The molecule has 26 heavy (non-hydrogen) atoms. The molecule has 0 radical (unpaired) electrons. The normalized spacial score (nSPS) is 11.0. The van der Waals surface area contributed by atoms with E-state index < -0.39 is 11.4 Å². The molecule has 6 heteroatoms. The predicted molar refractivity (Wildman–Crippen MR) is 96.2 cm³/mol. The van der Waals surface area contributed by atoms with E-state index in [1.165, 1.54) is 30.3 Å². The first-order valence-electron chi connectivity index (χ1n) is 8.21. The fraction of sp³-hybridized carbons (Fsp3) is 0.200. The van der Waals surface area contributed by atoms with Gasteiger partial charge in [0.05, 0.1) is 21.9 Å². The van der Waals surface area contributed by atoms with Gasteiger partial charge in [-0.25, -0.2) is 4.79 Å². The Hall–Kier alpha value is -3.28. The van der Waals surface area contributed by atoms with Gasteiger partial charge < -0.3 is 9.52 Å². The number of carbonyl (C=O) groups is 3. The third-order valence-corrected chi connectivity index (χ3v) is 4.28. The van der Waals surface area contributed by atoms with Gasteiger partial charge in [-0.15, -0.1) is 0 Å². The van der Waals surface area contributed by atoms with E-state index in [1.807, 2.05) is 0 Å². The first-order valence-corrected chi connectivity index (χ1v) is 8.21. The highest BCUT2D eigenvalue weighted by Crippen LogP contribution is 2.26. The molecule has 132 valence electrons. The number of ketones is 2. The molecular formula is C20H16O6. The average molecular weight is 352 g/mol. The minimum atomic E-state index is -1.16. The molecule has 0 atom stereocenters. The second-order valence-corrected chi connectivity index (χ2v) is 5.90. The zero-order valence-corrected chi connectivity index (χ0v) is 14.3. The smallest absolute Gasteiger partial charge is 0.335 e. The van der Waals surface area contributed by atoms with E-state index in [2.05, 4.69) is 0 Å². The van der Waals surface area contributed by atoms with Crippen molar-refractivity contribution in [1.82, 2.24) is 0 Å². The van der Waals surface area contributed by atoms with Crippen molar-refractivity contribution in [1.29, 1.82) is 0 Å². The van der Waals surface area contributed by atoms with E-state index in [0.29, 0.717) is 0 Å². The maximum Gasteiger partial charge on any atom is 0.335 e. The van der Waals surface area contributed by atoms with Crippen LogP contribution < -0.4 is 5.43 Å². The van der Waals surface area contributed by atoms with E-state index in [-0.39, 0.29) is 63.0 Å². The third kappa shape index (κ3) is 2.79. The molecule has 0 saturated heterocycles. The summed E-state index contributed by atoms with van der Waals surface area (Å²) in [6, 6.07) is 6.83. The summed E-state index contributed by atoms with van der Waals surface area (Å²) in [5.41, 5.74) is 0.230. The lowest BCUT2D eigenvalue weighted by atomic mass is 9.97. The Morgan fingerprint density at radius 1 is 0.923 bits per heavy atom. The molecule has 0 fully saturated rings. The quantitative estimate of drug-likeness (QED) is 0.553. The Balaban J connectivity index is 2.47. The molecule has 0 saturated carbocycles. The van der Waals surface area contributed by atoms with Crippen LogP contribution in [0.1, 0.15) is 57.8 Å². The number of hydrogen-bond donors (Lipinski definition) is 1. The molecule has 2 aromatic carbocycles. The first kappa shape index (κ1) is 17.5. The van der Waals surface area contributed by atoms with E-state index >= 15 is 0 Å². The van der Waals surface area contributed by atoms with Crippen LogP contribution >= 0.6 is 0 Å². The molecule has 3 rings (SSSR count). The van der Waals surface area contributed by atoms with Crippen LogP contribution in [0.3, 0.4) is 0 Å². The van der Waals surface area contributed by atoms with Crippen LogP contribution in [0.4, 0.5) is 0 Å². The lowest BCUT2D eigenvalue weighted by Crippen LogP contribution is -2.10. The highest BCUT2D eigenvalue weighted by Gasteiger charge is 2.19. The number of rotatable bonds is 5. The van der Waals surface area contributed by atoms with Crippen molar-refractivity contribution in [2.75, 3.05) is 0 Å². The predicted octanol–water partition coefficient (Wildman–Crippen LogP) is 3.83. The number of Topliss-reactive ketones (excluding diaryl/α,β-unsaturated/α-hetero) is 2. The fourth-order valence-corrected chi connectivity index (χ4v) is 2.85. The summed E-state index contributed by atoms with van der Waals surface area (Å²) in [6.45, 7) is 3.37. The van der Waals surface area contributed by atoms with E-state index in [4.69, 9.17) is 9.52 Å². The van der Waals surface area contributed by atoms with Crippen molar-refractivity contribution >= 4 is 39.5 Å². The number of carboxylic acid groups (broad SMARTS) is 1. The highest BCUT2D eigenvalue weighted by molar-refractivity contribution is 6.11. The Labute approximate surface area is 148 Å². The summed E-state index contributed by atoms with van der Waals surface area (Å²) < 4.78 is 5.76. The van der Waals surface area contributed by atoms with Crippen LogP contribution in [0, 0.1) is 0 Å². The minimum Gasteiger partial charge on any atom is -0.478 e. The monoisotopic (exact) mass is 352 g/mol. The van der Waals surface area contributed by atoms with E-state index in [1.54, 1.807) is 13.8 Å². The molecule has 0 bridgehead atoms. The molecule has 6 nitrogen and oxygen atoms in total. The number of aromatic carboxylic acids is 1. The molecule has 0 amide bonds. The maximum atomic E-state index is 12.9. The van der Waals surface area contributed by atoms with Crippen molar-refractivity contribution in [2.24, 2.45) is 0 Å². The van der Waals surface area contributed by atoms with Crippen LogP contribution in [-0.2, 0) is 0 Å². The molecule has 0 aliphatic rings. The van der Waals surface area contributed by atoms with E-state index in [0.717, 1.165) is 0 Å². The second-order valence-electron chi connectivity index (χ2n) is 5.90. The summed E-state index contributed by atoms with van der Waals surface area (Å²) in [4.78, 5) is 48.5. The average Bonchev–Trinajstić information content (AvgIpc) is 2.65. The van der Waals surface area contributed by atoms with Gasteiger partial charge in [0.15, 0.2) is 11.6 Å². The number of carboxylic acids is 1. The van der Waals surface area contributed by atoms with Crippen LogP contribution in [0.25, 0.3) is 21.9 Å². The first-order chi connectivity index (χ1) is 12.4. The molecule has 0 aliphatic heterocycles. The Morgan fingerprint density at radius 2 is 1.58 bits per heavy atom. The highest BCUT2D eigenvalue weighted by atomic mass is 16.4. The van der Waals surface area contributed by atoms with E-state index in [9.17, 15) is 19.2 Å². The van der Waals surface area contributed by atoms with Gasteiger partial charge in [0, 0.05) is 18.4 Å². The summed E-state index contributed by atoms with van der Waals surface area (Å²) in [5.74, 6) is -1.61. The SMILES string of the molecule is CCC(=O)c1cc(C(=O)CC)c2oc3ccc(C(=O)O)cc3c(=O)c2c1. The van der Waals surface area contributed by atoms with Crippen molar-refractivity contribution < 1.29 is 23.9 Å². The lowest BCUT2D eigenvalue weighted by molar-refractivity contribution is 0.0696.